The molecule has 1 N–H and O–H groups in total. The molecule has 0 aliphatic carbocycles. The number of fused-ring (bicyclic) bond motifs is 1. The van der Waals surface area contributed by atoms with E-state index < -0.39 is 0 Å². The zero-order valence-corrected chi connectivity index (χ0v) is 18.2. The van der Waals surface area contributed by atoms with Crippen molar-refractivity contribution in [2.24, 2.45) is 5.41 Å². The minimum absolute atomic E-state index is 0.100. The van der Waals surface area contributed by atoms with Crippen molar-refractivity contribution >= 4 is 0 Å². The average molecular weight is 375 g/mol. The smallest absolute Gasteiger partial charge is 0.123 e. The first kappa shape index (κ1) is 22.3. The summed E-state index contributed by atoms with van der Waals surface area (Å²) in [5, 5.41) is 10.2. The van der Waals surface area contributed by atoms with Crippen LogP contribution in [0.15, 0.2) is 24.3 Å². The average Bonchev–Trinajstić information content (AvgIpc) is 2.62. The van der Waals surface area contributed by atoms with Gasteiger partial charge in [-0.15, -0.1) is 0 Å². The Morgan fingerprint density at radius 2 is 1.56 bits per heavy atom. The molecule has 2 nitrogen and oxygen atoms in total. The maximum Gasteiger partial charge on any atom is 0.123 e. The number of aliphatic hydroxyl groups excluding tert-OH is 1. The molecule has 1 aliphatic rings. The van der Waals surface area contributed by atoms with E-state index in [1.54, 1.807) is 0 Å². The van der Waals surface area contributed by atoms with Crippen molar-refractivity contribution in [3.8, 4) is 5.75 Å². The second-order valence-electron chi connectivity index (χ2n) is 9.46. The normalized spacial score (nSPS) is 22.1. The van der Waals surface area contributed by atoms with E-state index in [2.05, 4.69) is 52.0 Å². The maximum absolute atomic E-state index is 10.2. The van der Waals surface area contributed by atoms with Gasteiger partial charge in [0.15, 0.2) is 0 Å². The third-order valence-corrected chi connectivity index (χ3v) is 6.70. The molecule has 27 heavy (non-hydrogen) atoms. The number of ether oxygens (including phenoxy) is 1. The van der Waals surface area contributed by atoms with Gasteiger partial charge in [-0.25, -0.2) is 0 Å². The van der Waals surface area contributed by atoms with Gasteiger partial charge in [0.1, 0.15) is 11.4 Å². The van der Waals surface area contributed by atoms with Crippen LogP contribution in [-0.4, -0.2) is 16.8 Å². The molecule has 0 saturated heterocycles. The highest BCUT2D eigenvalue weighted by Crippen LogP contribution is 2.47. The summed E-state index contributed by atoms with van der Waals surface area (Å²) >= 11 is 0. The molecular weight excluding hydrogens is 332 g/mol. The highest BCUT2D eigenvalue weighted by Gasteiger charge is 2.46. The quantitative estimate of drug-likeness (QED) is 0.396. The van der Waals surface area contributed by atoms with Crippen molar-refractivity contribution in [3.63, 3.8) is 0 Å². The summed E-state index contributed by atoms with van der Waals surface area (Å²) < 4.78 is 6.50. The van der Waals surface area contributed by atoms with E-state index in [4.69, 9.17) is 4.74 Å². The summed E-state index contributed by atoms with van der Waals surface area (Å²) in [4.78, 5) is 0. The van der Waals surface area contributed by atoms with Crippen LogP contribution in [-0.2, 0) is 6.42 Å². The molecule has 2 atom stereocenters. The predicted molar refractivity (Wildman–Crippen MR) is 115 cm³/mol. The summed E-state index contributed by atoms with van der Waals surface area (Å²) in [5.41, 5.74) is 1.36. The van der Waals surface area contributed by atoms with Gasteiger partial charge < -0.3 is 9.84 Å². The van der Waals surface area contributed by atoms with Crippen molar-refractivity contribution in [2.75, 3.05) is 0 Å². The highest BCUT2D eigenvalue weighted by molar-refractivity contribution is 5.37. The van der Waals surface area contributed by atoms with Crippen LogP contribution >= 0.6 is 0 Å². The van der Waals surface area contributed by atoms with Crippen LogP contribution in [0.5, 0.6) is 5.75 Å². The summed E-state index contributed by atoms with van der Waals surface area (Å²) in [6.45, 7) is 9.21. The van der Waals surface area contributed by atoms with E-state index in [1.165, 1.54) is 50.5 Å². The summed E-state index contributed by atoms with van der Waals surface area (Å²) in [5.74, 6) is 1.07. The van der Waals surface area contributed by atoms with Gasteiger partial charge >= 0.3 is 0 Å². The standard InChI is InChI=1S/C25H42O2/c1-5-6-7-8-10-16-22(26)17-11-9-14-19-25(4)24(2,3)20-21-15-12-13-18-23(21)27-25/h12-13,15,18,22,26H,5-11,14,16-17,19-20H2,1-4H3. The molecule has 2 unspecified atom stereocenters. The summed E-state index contributed by atoms with van der Waals surface area (Å²) in [6.07, 6.45) is 13.9. The van der Waals surface area contributed by atoms with Crippen LogP contribution in [0.3, 0.4) is 0 Å². The Morgan fingerprint density at radius 1 is 0.926 bits per heavy atom. The molecular formula is C25H42O2. The molecule has 0 bridgehead atoms. The Bertz CT molecular complexity index is 551. The van der Waals surface area contributed by atoms with Crippen molar-refractivity contribution in [2.45, 2.75) is 116 Å². The van der Waals surface area contributed by atoms with Gasteiger partial charge in [-0.05, 0) is 50.7 Å². The number of benzene rings is 1. The highest BCUT2D eigenvalue weighted by atomic mass is 16.5. The van der Waals surface area contributed by atoms with E-state index in [0.717, 1.165) is 37.9 Å². The molecule has 1 aliphatic heterocycles. The molecule has 2 rings (SSSR count). The second-order valence-corrected chi connectivity index (χ2v) is 9.46. The first-order valence-electron chi connectivity index (χ1n) is 11.3. The number of aliphatic hydroxyl groups is 1. The summed E-state index contributed by atoms with van der Waals surface area (Å²) in [7, 11) is 0. The lowest BCUT2D eigenvalue weighted by molar-refractivity contribution is -0.0511. The van der Waals surface area contributed by atoms with E-state index in [1.807, 2.05) is 0 Å². The third-order valence-electron chi connectivity index (χ3n) is 6.70. The number of para-hydroxylation sites is 1. The van der Waals surface area contributed by atoms with Gasteiger partial charge in [0.2, 0.25) is 0 Å². The van der Waals surface area contributed by atoms with Gasteiger partial charge in [-0.3, -0.25) is 0 Å². The molecule has 0 saturated carbocycles. The fourth-order valence-electron chi connectivity index (χ4n) is 4.33. The minimum Gasteiger partial charge on any atom is -0.487 e. The largest absolute Gasteiger partial charge is 0.487 e. The fourth-order valence-corrected chi connectivity index (χ4v) is 4.33. The zero-order chi connectivity index (χ0) is 19.8. The van der Waals surface area contributed by atoms with Crippen molar-refractivity contribution < 1.29 is 9.84 Å². The SMILES string of the molecule is CCCCCCCC(O)CCCCCC1(C)Oc2ccccc2CC1(C)C. The second kappa shape index (κ2) is 10.5. The Morgan fingerprint density at radius 3 is 2.26 bits per heavy atom. The van der Waals surface area contributed by atoms with Crippen LogP contribution in [0.25, 0.3) is 0 Å². The Balaban J connectivity index is 1.67. The van der Waals surface area contributed by atoms with E-state index in [-0.39, 0.29) is 17.1 Å². The Hall–Kier alpha value is -1.02. The van der Waals surface area contributed by atoms with Crippen LogP contribution in [0.4, 0.5) is 0 Å². The number of rotatable bonds is 12. The van der Waals surface area contributed by atoms with Gasteiger partial charge in [0.25, 0.3) is 0 Å². The molecule has 0 fully saturated rings. The Kier molecular flexibility index (Phi) is 8.66. The maximum atomic E-state index is 10.2. The zero-order valence-electron chi connectivity index (χ0n) is 18.2. The van der Waals surface area contributed by atoms with Gasteiger partial charge in [-0.2, -0.15) is 0 Å². The summed E-state index contributed by atoms with van der Waals surface area (Å²) in [6, 6.07) is 8.48. The van der Waals surface area contributed by atoms with Gasteiger partial charge in [-0.1, -0.05) is 83.9 Å². The molecule has 1 aromatic rings. The van der Waals surface area contributed by atoms with Gasteiger partial charge in [0, 0.05) is 5.41 Å². The van der Waals surface area contributed by atoms with Crippen molar-refractivity contribution in [3.05, 3.63) is 29.8 Å². The predicted octanol–water partition coefficient (Wildman–Crippen LogP) is 7.08. The monoisotopic (exact) mass is 374 g/mol. The van der Waals surface area contributed by atoms with E-state index in [0.29, 0.717) is 0 Å². The van der Waals surface area contributed by atoms with Crippen molar-refractivity contribution in [1.82, 2.24) is 0 Å². The lowest BCUT2D eigenvalue weighted by Gasteiger charge is -2.48. The number of hydrogen-bond donors (Lipinski definition) is 1. The minimum atomic E-state index is -0.112. The van der Waals surface area contributed by atoms with Crippen LogP contribution < -0.4 is 4.74 Å². The fraction of sp³-hybridized carbons (Fsp3) is 0.760. The number of unbranched alkanes of at least 4 members (excludes halogenated alkanes) is 6. The van der Waals surface area contributed by atoms with Crippen LogP contribution in [0, 0.1) is 5.41 Å². The lowest BCUT2D eigenvalue weighted by atomic mass is 9.68. The molecule has 154 valence electrons. The Labute approximate surface area is 167 Å². The third kappa shape index (κ3) is 6.52. The molecule has 0 spiro atoms. The first-order valence-corrected chi connectivity index (χ1v) is 11.3. The molecule has 0 aromatic heterocycles. The van der Waals surface area contributed by atoms with Crippen molar-refractivity contribution in [1.29, 1.82) is 0 Å². The first-order chi connectivity index (χ1) is 12.9. The topological polar surface area (TPSA) is 29.5 Å². The molecule has 1 heterocycles. The molecule has 1 aromatic carbocycles. The van der Waals surface area contributed by atoms with Crippen LogP contribution in [0.2, 0.25) is 0 Å². The van der Waals surface area contributed by atoms with E-state index in [9.17, 15) is 5.11 Å². The van der Waals surface area contributed by atoms with E-state index >= 15 is 0 Å². The lowest BCUT2D eigenvalue weighted by Crippen LogP contribution is -2.51. The molecule has 0 radical (unpaired) electrons. The molecule has 0 amide bonds. The molecule has 2 heteroatoms. The van der Waals surface area contributed by atoms with Gasteiger partial charge in [0.05, 0.1) is 6.10 Å². The number of hydrogen-bond acceptors (Lipinski definition) is 2. The van der Waals surface area contributed by atoms with Crippen LogP contribution in [0.1, 0.15) is 104 Å².